The van der Waals surface area contributed by atoms with Crippen molar-refractivity contribution in [3.05, 3.63) is 91.8 Å². The number of thiophene rings is 1. The number of aromatic nitrogens is 3. The summed E-state index contributed by atoms with van der Waals surface area (Å²) in [6.07, 6.45) is 5.48. The number of hydrogen-bond acceptors (Lipinski definition) is 11. The van der Waals surface area contributed by atoms with Crippen LogP contribution >= 0.6 is 22.9 Å². The molecule has 3 aliphatic rings. The second-order valence-corrected chi connectivity index (χ2v) is 15.5. The van der Waals surface area contributed by atoms with Crippen molar-refractivity contribution in [3.63, 3.8) is 0 Å². The summed E-state index contributed by atoms with van der Waals surface area (Å²) in [5.41, 5.74) is 3.53. The van der Waals surface area contributed by atoms with Gasteiger partial charge >= 0.3 is 0 Å². The van der Waals surface area contributed by atoms with Crippen LogP contribution in [0.2, 0.25) is 5.02 Å². The van der Waals surface area contributed by atoms with Crippen molar-refractivity contribution >= 4 is 64.1 Å². The number of halogens is 1. The molecule has 0 radical (unpaired) electrons. The molecule has 4 aromatic rings. The Hall–Kier alpha value is -5.74. The number of imide groups is 2. The number of fused-ring (bicyclic) bond motifs is 4. The van der Waals surface area contributed by atoms with E-state index >= 15 is 0 Å². The van der Waals surface area contributed by atoms with E-state index in [9.17, 15) is 28.8 Å². The fraction of sp³-hybridized carbons (Fsp3) is 0.375. The highest BCUT2D eigenvalue weighted by molar-refractivity contribution is 7.17. The van der Waals surface area contributed by atoms with E-state index in [-0.39, 0.29) is 48.1 Å². The highest BCUT2D eigenvalue weighted by Crippen LogP contribution is 2.37. The Morgan fingerprint density at radius 2 is 1.63 bits per heavy atom. The standard InChI is InChI=1S/C40H41ClN8O7S/c1-22-32-34(24-12-14-25(41)15-13-24)44-20-29-47-46-23(2)48(29)40(32)57-35(22)37(53)43-19-8-6-4-3-5-7-18-42-31(51)21-56-28-11-9-10-26-33(28)39(55)49(38(26)54)27-16-17-30(50)45-36(27)52/h9-15,27H,3-8,16-21H2,1-2H3,(H,42,51)(H,43,53)(H,45,50,52). The number of aryl methyl sites for hydroxylation is 1. The summed E-state index contributed by atoms with van der Waals surface area (Å²) in [4.78, 5) is 82.5. The molecule has 57 heavy (non-hydrogen) atoms. The predicted molar refractivity (Wildman–Crippen MR) is 211 cm³/mol. The summed E-state index contributed by atoms with van der Waals surface area (Å²) in [5, 5.41) is 18.2. The quantitative estimate of drug-likeness (QED) is 0.114. The van der Waals surface area contributed by atoms with E-state index in [2.05, 4.69) is 26.1 Å². The van der Waals surface area contributed by atoms with Gasteiger partial charge in [-0.25, -0.2) is 0 Å². The van der Waals surface area contributed by atoms with E-state index in [4.69, 9.17) is 21.3 Å². The minimum atomic E-state index is -1.09. The average molecular weight is 813 g/mol. The van der Waals surface area contributed by atoms with Crippen LogP contribution in [0.4, 0.5) is 0 Å². The first-order chi connectivity index (χ1) is 27.5. The molecular weight excluding hydrogens is 772 g/mol. The van der Waals surface area contributed by atoms with Gasteiger partial charge in [0.2, 0.25) is 11.8 Å². The number of piperidine rings is 1. The predicted octanol–water partition coefficient (Wildman–Crippen LogP) is 4.62. The van der Waals surface area contributed by atoms with Crippen LogP contribution in [0.5, 0.6) is 5.75 Å². The van der Waals surface area contributed by atoms with Crippen molar-refractivity contribution < 1.29 is 33.5 Å². The molecule has 0 aliphatic carbocycles. The number of nitrogens with one attached hydrogen (secondary N) is 3. The van der Waals surface area contributed by atoms with Gasteiger partial charge in [-0.3, -0.25) is 48.5 Å². The third-order valence-electron chi connectivity index (χ3n) is 10.2. The molecule has 7 rings (SSSR count). The van der Waals surface area contributed by atoms with E-state index in [1.54, 1.807) is 6.07 Å². The van der Waals surface area contributed by atoms with E-state index in [1.165, 1.54) is 23.5 Å². The number of aliphatic imine (C=N–C) groups is 1. The van der Waals surface area contributed by atoms with Crippen LogP contribution in [0.1, 0.15) is 110 Å². The molecule has 17 heteroatoms. The molecule has 296 valence electrons. The largest absolute Gasteiger partial charge is 0.483 e. The van der Waals surface area contributed by atoms with Gasteiger partial charge in [-0.1, -0.05) is 55.5 Å². The molecule has 1 atom stereocenters. The van der Waals surface area contributed by atoms with Crippen LogP contribution in [0.3, 0.4) is 0 Å². The maximum absolute atomic E-state index is 13.5. The van der Waals surface area contributed by atoms with Gasteiger partial charge < -0.3 is 15.4 Å². The first-order valence-corrected chi connectivity index (χ1v) is 20.1. The smallest absolute Gasteiger partial charge is 0.266 e. The molecule has 2 aromatic carbocycles. The van der Waals surface area contributed by atoms with Gasteiger partial charge in [0.05, 0.1) is 21.7 Å². The van der Waals surface area contributed by atoms with Gasteiger partial charge in [0, 0.05) is 35.7 Å². The number of ether oxygens (including phenoxy) is 1. The maximum Gasteiger partial charge on any atom is 0.266 e. The lowest BCUT2D eigenvalue weighted by molar-refractivity contribution is -0.136. The molecule has 1 unspecified atom stereocenters. The van der Waals surface area contributed by atoms with Crippen LogP contribution in [-0.2, 0) is 20.9 Å². The number of carbonyl (C=O) groups is 6. The van der Waals surface area contributed by atoms with Crippen molar-refractivity contribution in [1.82, 2.24) is 35.6 Å². The normalized spacial score (nSPS) is 16.0. The SMILES string of the molecule is Cc1c(C(=O)NCCCCCCCCNC(=O)COc2cccc3c2C(=O)N(C2CCC(=O)NC2=O)C3=O)sc2c1C(c1ccc(Cl)cc1)=NCc1nnc(C)n1-2. The minimum absolute atomic E-state index is 0.00404. The van der Waals surface area contributed by atoms with Gasteiger partial charge in [-0.2, -0.15) is 0 Å². The van der Waals surface area contributed by atoms with E-state index < -0.39 is 29.7 Å². The molecule has 0 spiro atoms. The number of rotatable bonds is 15. The Labute approximate surface area is 337 Å². The zero-order valence-electron chi connectivity index (χ0n) is 31.5. The lowest BCUT2D eigenvalue weighted by Crippen LogP contribution is -2.54. The number of carbonyl (C=O) groups excluding carboxylic acids is 6. The summed E-state index contributed by atoms with van der Waals surface area (Å²) in [5.74, 6) is -1.47. The van der Waals surface area contributed by atoms with Crippen LogP contribution in [0.25, 0.3) is 5.00 Å². The highest BCUT2D eigenvalue weighted by Gasteiger charge is 2.46. The van der Waals surface area contributed by atoms with Crippen LogP contribution in [-0.4, -0.2) is 86.6 Å². The fourth-order valence-corrected chi connectivity index (χ4v) is 8.68. The maximum atomic E-state index is 13.5. The van der Waals surface area contributed by atoms with Gasteiger partial charge in [0.1, 0.15) is 29.2 Å². The zero-order chi connectivity index (χ0) is 40.2. The minimum Gasteiger partial charge on any atom is -0.483 e. The molecule has 3 aliphatic heterocycles. The molecule has 3 N–H and O–H groups in total. The van der Waals surface area contributed by atoms with Gasteiger partial charge in [-0.15, -0.1) is 21.5 Å². The number of nitrogens with zero attached hydrogens (tertiary/aromatic N) is 5. The lowest BCUT2D eigenvalue weighted by atomic mass is 9.99. The fourth-order valence-electron chi connectivity index (χ4n) is 7.26. The molecule has 1 fully saturated rings. The summed E-state index contributed by atoms with van der Waals surface area (Å²) in [7, 11) is 0. The highest BCUT2D eigenvalue weighted by atomic mass is 35.5. The van der Waals surface area contributed by atoms with Crippen molar-refractivity contribution in [2.45, 2.75) is 77.8 Å². The average Bonchev–Trinajstić information content (AvgIpc) is 3.77. The number of hydrogen-bond donors (Lipinski definition) is 3. The summed E-state index contributed by atoms with van der Waals surface area (Å²) >= 11 is 7.58. The Morgan fingerprint density at radius 1 is 0.912 bits per heavy atom. The second-order valence-electron chi connectivity index (χ2n) is 14.0. The molecule has 6 amide bonds. The second kappa shape index (κ2) is 17.2. The number of benzene rings is 2. The molecule has 0 saturated carbocycles. The van der Waals surface area contributed by atoms with Crippen LogP contribution in [0, 0.1) is 13.8 Å². The Morgan fingerprint density at radius 3 is 2.37 bits per heavy atom. The van der Waals surface area contributed by atoms with Crippen molar-refractivity contribution in [2.24, 2.45) is 4.99 Å². The third kappa shape index (κ3) is 8.23. The monoisotopic (exact) mass is 812 g/mol. The molecule has 0 bridgehead atoms. The van der Waals surface area contributed by atoms with Crippen molar-refractivity contribution in [1.29, 1.82) is 0 Å². The van der Waals surface area contributed by atoms with Crippen molar-refractivity contribution in [3.8, 4) is 10.8 Å². The first-order valence-electron chi connectivity index (χ1n) is 18.9. The molecular formula is C40H41ClN8O7S. The Bertz CT molecular complexity index is 2300. The topological polar surface area (TPSA) is 194 Å². The molecule has 1 saturated heterocycles. The molecule has 2 aromatic heterocycles. The lowest BCUT2D eigenvalue weighted by Gasteiger charge is -2.27. The molecule has 5 heterocycles. The van der Waals surface area contributed by atoms with E-state index in [0.717, 1.165) is 76.7 Å². The van der Waals surface area contributed by atoms with E-state index in [0.29, 0.717) is 35.4 Å². The van der Waals surface area contributed by atoms with Gasteiger partial charge in [-0.05, 0) is 62.9 Å². The zero-order valence-corrected chi connectivity index (χ0v) is 33.1. The van der Waals surface area contributed by atoms with Gasteiger partial charge in [0.15, 0.2) is 12.4 Å². The third-order valence-corrected chi connectivity index (χ3v) is 11.7. The first kappa shape index (κ1) is 39.5. The summed E-state index contributed by atoms with van der Waals surface area (Å²) < 4.78 is 7.64. The Kier molecular flexibility index (Phi) is 11.9. The summed E-state index contributed by atoms with van der Waals surface area (Å²) in [6, 6.07) is 10.9. The van der Waals surface area contributed by atoms with Gasteiger partial charge in [0.25, 0.3) is 23.6 Å². The van der Waals surface area contributed by atoms with Crippen LogP contribution < -0.4 is 20.7 Å². The van der Waals surface area contributed by atoms with Crippen molar-refractivity contribution in [2.75, 3.05) is 19.7 Å². The Balaban J connectivity index is 0.815. The number of unbranched alkanes of at least 4 members (excludes halogenated alkanes) is 5. The summed E-state index contributed by atoms with van der Waals surface area (Å²) in [6.45, 7) is 4.86. The van der Waals surface area contributed by atoms with Crippen LogP contribution in [0.15, 0.2) is 47.5 Å². The number of amides is 6. The molecule has 15 nitrogen and oxygen atoms in total. The van der Waals surface area contributed by atoms with E-state index in [1.807, 2.05) is 42.7 Å².